The second kappa shape index (κ2) is 4.75. The number of carbonyl (C=O) groups is 1. The van der Waals surface area contributed by atoms with Gasteiger partial charge >= 0.3 is 0 Å². The third-order valence-corrected chi connectivity index (χ3v) is 3.38. The van der Waals surface area contributed by atoms with Gasteiger partial charge in [-0.3, -0.25) is 0 Å². The van der Waals surface area contributed by atoms with Crippen LogP contribution in [0, 0.1) is 17.8 Å². The van der Waals surface area contributed by atoms with Gasteiger partial charge in [0.2, 0.25) is 0 Å². The van der Waals surface area contributed by atoms with Crippen molar-refractivity contribution in [2.75, 3.05) is 0 Å². The molecule has 0 aromatic rings. The minimum Gasteiger partial charge on any atom is -0.385 e. The van der Waals surface area contributed by atoms with Crippen molar-refractivity contribution in [3.05, 3.63) is 0 Å². The third kappa shape index (κ3) is 2.80. The standard InChI is InChI=1S/C11H20O2/c1-8(2)9-3-5-10(6-4-9)11(13)7-12/h7-11,13H,3-6H2,1-2H3. The van der Waals surface area contributed by atoms with Gasteiger partial charge in [0.15, 0.2) is 0 Å². The molecule has 76 valence electrons. The molecule has 1 saturated carbocycles. The Labute approximate surface area is 80.3 Å². The molecule has 0 radical (unpaired) electrons. The molecular formula is C11H20O2. The maximum Gasteiger partial charge on any atom is 0.148 e. The summed E-state index contributed by atoms with van der Waals surface area (Å²) in [5.74, 6) is 1.77. The fourth-order valence-corrected chi connectivity index (χ4v) is 2.26. The van der Waals surface area contributed by atoms with Crippen molar-refractivity contribution in [3.8, 4) is 0 Å². The summed E-state index contributed by atoms with van der Waals surface area (Å²) in [4.78, 5) is 10.4. The highest BCUT2D eigenvalue weighted by atomic mass is 16.3. The van der Waals surface area contributed by atoms with E-state index in [4.69, 9.17) is 0 Å². The first-order valence-electron chi connectivity index (χ1n) is 5.28. The van der Waals surface area contributed by atoms with Crippen molar-refractivity contribution in [2.45, 2.75) is 45.6 Å². The highest BCUT2D eigenvalue weighted by Gasteiger charge is 2.27. The Morgan fingerprint density at radius 2 is 1.62 bits per heavy atom. The third-order valence-electron chi connectivity index (χ3n) is 3.38. The van der Waals surface area contributed by atoms with E-state index in [-0.39, 0.29) is 5.92 Å². The molecule has 0 saturated heterocycles. The van der Waals surface area contributed by atoms with Gasteiger partial charge in [-0.1, -0.05) is 13.8 Å². The van der Waals surface area contributed by atoms with Gasteiger partial charge < -0.3 is 9.90 Å². The second-order valence-electron chi connectivity index (χ2n) is 4.55. The van der Waals surface area contributed by atoms with Gasteiger partial charge in [-0.2, -0.15) is 0 Å². The van der Waals surface area contributed by atoms with E-state index >= 15 is 0 Å². The van der Waals surface area contributed by atoms with E-state index in [2.05, 4.69) is 13.8 Å². The lowest BCUT2D eigenvalue weighted by Crippen LogP contribution is -2.28. The monoisotopic (exact) mass is 184 g/mol. The van der Waals surface area contributed by atoms with Gasteiger partial charge in [0.25, 0.3) is 0 Å². The fraction of sp³-hybridized carbons (Fsp3) is 0.909. The molecule has 0 spiro atoms. The Morgan fingerprint density at radius 1 is 1.15 bits per heavy atom. The van der Waals surface area contributed by atoms with Crippen LogP contribution in [0.15, 0.2) is 0 Å². The molecular weight excluding hydrogens is 164 g/mol. The highest BCUT2D eigenvalue weighted by molar-refractivity contribution is 5.56. The number of aliphatic hydroxyl groups excluding tert-OH is 1. The van der Waals surface area contributed by atoms with E-state index in [1.807, 2.05) is 0 Å². The van der Waals surface area contributed by atoms with Crippen LogP contribution in [0.1, 0.15) is 39.5 Å². The maximum absolute atomic E-state index is 10.4. The van der Waals surface area contributed by atoms with Crippen LogP contribution in [0.5, 0.6) is 0 Å². The first kappa shape index (κ1) is 10.7. The zero-order valence-corrected chi connectivity index (χ0v) is 8.57. The first-order chi connectivity index (χ1) is 6.15. The molecule has 1 atom stereocenters. The lowest BCUT2D eigenvalue weighted by atomic mass is 9.75. The summed E-state index contributed by atoms with van der Waals surface area (Å²) in [6, 6.07) is 0. The second-order valence-corrected chi connectivity index (χ2v) is 4.55. The molecule has 1 N–H and O–H groups in total. The van der Waals surface area contributed by atoms with Gasteiger partial charge in [-0.15, -0.1) is 0 Å². The molecule has 1 unspecified atom stereocenters. The van der Waals surface area contributed by atoms with Crippen LogP contribution < -0.4 is 0 Å². The predicted octanol–water partition coefficient (Wildman–Crippen LogP) is 2.01. The summed E-state index contributed by atoms with van der Waals surface area (Å²) in [5.41, 5.74) is 0. The van der Waals surface area contributed by atoms with Crippen LogP contribution in [-0.4, -0.2) is 17.5 Å². The number of aldehydes is 1. The van der Waals surface area contributed by atoms with Crippen LogP contribution in [0.2, 0.25) is 0 Å². The van der Waals surface area contributed by atoms with Gasteiger partial charge in [-0.05, 0) is 43.4 Å². The predicted molar refractivity (Wildman–Crippen MR) is 52.4 cm³/mol. The summed E-state index contributed by atoms with van der Waals surface area (Å²) >= 11 is 0. The topological polar surface area (TPSA) is 37.3 Å². The van der Waals surface area contributed by atoms with Crippen LogP contribution in [-0.2, 0) is 4.79 Å². The zero-order valence-electron chi connectivity index (χ0n) is 8.57. The van der Waals surface area contributed by atoms with Crippen molar-refractivity contribution in [3.63, 3.8) is 0 Å². The molecule has 0 amide bonds. The maximum atomic E-state index is 10.4. The number of aliphatic hydroxyl groups is 1. The van der Waals surface area contributed by atoms with E-state index in [9.17, 15) is 9.90 Å². The Hall–Kier alpha value is -0.370. The summed E-state index contributed by atoms with van der Waals surface area (Å²) in [6.45, 7) is 4.50. The van der Waals surface area contributed by atoms with Crippen LogP contribution in [0.4, 0.5) is 0 Å². The van der Waals surface area contributed by atoms with Gasteiger partial charge in [0.05, 0.1) is 0 Å². The minimum atomic E-state index is -0.715. The SMILES string of the molecule is CC(C)C1CCC(C(O)C=O)CC1. The van der Waals surface area contributed by atoms with Gasteiger partial charge in [0.1, 0.15) is 12.4 Å². The highest BCUT2D eigenvalue weighted by Crippen LogP contribution is 2.34. The normalized spacial score (nSPS) is 31.7. The Morgan fingerprint density at radius 3 is 2.00 bits per heavy atom. The average molecular weight is 184 g/mol. The molecule has 0 aromatic carbocycles. The van der Waals surface area contributed by atoms with Crippen LogP contribution in [0.3, 0.4) is 0 Å². The van der Waals surface area contributed by atoms with Crippen molar-refractivity contribution >= 4 is 6.29 Å². The molecule has 13 heavy (non-hydrogen) atoms. The smallest absolute Gasteiger partial charge is 0.148 e. The fourth-order valence-electron chi connectivity index (χ4n) is 2.26. The van der Waals surface area contributed by atoms with E-state index in [0.29, 0.717) is 6.29 Å². The molecule has 1 fully saturated rings. The van der Waals surface area contributed by atoms with Crippen LogP contribution >= 0.6 is 0 Å². The van der Waals surface area contributed by atoms with Crippen molar-refractivity contribution in [2.24, 2.45) is 17.8 Å². The van der Waals surface area contributed by atoms with Crippen molar-refractivity contribution in [1.29, 1.82) is 0 Å². The summed E-state index contributed by atoms with van der Waals surface area (Å²) in [6.07, 6.45) is 4.35. The molecule has 1 rings (SSSR count). The Bertz CT molecular complexity index is 157. The molecule has 0 aliphatic heterocycles. The summed E-state index contributed by atoms with van der Waals surface area (Å²) in [5, 5.41) is 9.34. The summed E-state index contributed by atoms with van der Waals surface area (Å²) < 4.78 is 0. The lowest BCUT2D eigenvalue weighted by molar-refractivity contribution is -0.118. The minimum absolute atomic E-state index is 0.229. The molecule has 2 heteroatoms. The molecule has 0 heterocycles. The van der Waals surface area contributed by atoms with Crippen molar-refractivity contribution < 1.29 is 9.90 Å². The first-order valence-corrected chi connectivity index (χ1v) is 5.28. The zero-order chi connectivity index (χ0) is 9.84. The van der Waals surface area contributed by atoms with E-state index in [1.165, 1.54) is 12.8 Å². The number of hydrogen-bond donors (Lipinski definition) is 1. The number of carbonyl (C=O) groups excluding carboxylic acids is 1. The van der Waals surface area contributed by atoms with E-state index in [1.54, 1.807) is 0 Å². The summed E-state index contributed by atoms with van der Waals surface area (Å²) in [7, 11) is 0. The van der Waals surface area contributed by atoms with E-state index in [0.717, 1.165) is 24.7 Å². The van der Waals surface area contributed by atoms with Crippen LogP contribution in [0.25, 0.3) is 0 Å². The average Bonchev–Trinajstić information content (AvgIpc) is 2.17. The van der Waals surface area contributed by atoms with Crippen molar-refractivity contribution in [1.82, 2.24) is 0 Å². The number of hydrogen-bond acceptors (Lipinski definition) is 2. The molecule has 0 aromatic heterocycles. The molecule has 1 aliphatic carbocycles. The largest absolute Gasteiger partial charge is 0.385 e. The molecule has 1 aliphatic rings. The molecule has 0 bridgehead atoms. The number of rotatable bonds is 3. The Balaban J connectivity index is 2.34. The van der Waals surface area contributed by atoms with Gasteiger partial charge in [0, 0.05) is 0 Å². The van der Waals surface area contributed by atoms with E-state index < -0.39 is 6.10 Å². The lowest BCUT2D eigenvalue weighted by Gasteiger charge is -2.31. The Kier molecular flexibility index (Phi) is 3.91. The van der Waals surface area contributed by atoms with Gasteiger partial charge in [-0.25, -0.2) is 0 Å². The molecule has 2 nitrogen and oxygen atoms in total. The quantitative estimate of drug-likeness (QED) is 0.681.